The number of halogens is 2. The molecule has 1 unspecified atom stereocenters. The lowest BCUT2D eigenvalue weighted by Gasteiger charge is -2.37. The molecule has 0 spiro atoms. The maximum absolute atomic E-state index is 15.3. The Hall–Kier alpha value is -4.66. The van der Waals surface area contributed by atoms with E-state index in [0.29, 0.717) is 66.2 Å². The number of carbonyl (C=O) groups excluding carboxylic acids is 4. The van der Waals surface area contributed by atoms with Gasteiger partial charge in [0.15, 0.2) is 5.82 Å². The van der Waals surface area contributed by atoms with Crippen LogP contribution in [0.15, 0.2) is 36.5 Å². The van der Waals surface area contributed by atoms with E-state index in [9.17, 15) is 19.2 Å². The van der Waals surface area contributed by atoms with Crippen molar-refractivity contribution >= 4 is 52.6 Å². The Kier molecular flexibility index (Phi) is 8.49. The van der Waals surface area contributed by atoms with Crippen LogP contribution in [0.2, 0.25) is 5.02 Å². The molecular formula is C34H37ClFN9O4. The number of nitrogens with two attached hydrogens (primary N) is 2. The second-order valence-electron chi connectivity index (χ2n) is 13.5. The van der Waals surface area contributed by atoms with Gasteiger partial charge in [0.25, 0.3) is 11.8 Å². The number of nitrogen functional groups attached to an aromatic ring is 1. The molecular weight excluding hydrogens is 653 g/mol. The third-order valence-corrected chi connectivity index (χ3v) is 10.3. The summed E-state index contributed by atoms with van der Waals surface area (Å²) in [7, 11) is 0. The van der Waals surface area contributed by atoms with Crippen LogP contribution in [0, 0.1) is 5.82 Å². The molecule has 0 radical (unpaired) electrons. The van der Waals surface area contributed by atoms with Gasteiger partial charge in [0.05, 0.1) is 28.0 Å². The van der Waals surface area contributed by atoms with E-state index in [0.717, 1.165) is 36.5 Å². The lowest BCUT2D eigenvalue weighted by Crippen LogP contribution is -2.54. The Balaban J connectivity index is 1.01. The molecule has 5 N–H and O–H groups in total. The van der Waals surface area contributed by atoms with Crippen molar-refractivity contribution in [3.8, 4) is 11.3 Å². The van der Waals surface area contributed by atoms with Crippen LogP contribution in [0.25, 0.3) is 11.3 Å². The summed E-state index contributed by atoms with van der Waals surface area (Å²) >= 11 is 6.97. The van der Waals surface area contributed by atoms with Crippen LogP contribution in [0.5, 0.6) is 0 Å². The number of imide groups is 2. The molecule has 1 atom stereocenters. The quantitative estimate of drug-likeness (QED) is 0.325. The predicted molar refractivity (Wildman–Crippen MR) is 181 cm³/mol. The smallest absolute Gasteiger partial charge is 0.265 e. The minimum atomic E-state index is -1.16. The average molecular weight is 690 g/mol. The zero-order chi connectivity index (χ0) is 34.6. The van der Waals surface area contributed by atoms with Crippen molar-refractivity contribution in [3.63, 3.8) is 0 Å². The van der Waals surface area contributed by atoms with Gasteiger partial charge < -0.3 is 21.3 Å². The van der Waals surface area contributed by atoms with Gasteiger partial charge in [-0.15, -0.1) is 0 Å². The van der Waals surface area contributed by atoms with Gasteiger partial charge in [-0.3, -0.25) is 34.3 Å². The van der Waals surface area contributed by atoms with Crippen molar-refractivity contribution in [2.24, 2.45) is 5.73 Å². The molecule has 7 rings (SSSR count). The molecule has 4 amide bonds. The monoisotopic (exact) mass is 689 g/mol. The molecule has 3 aromatic rings. The van der Waals surface area contributed by atoms with Crippen molar-refractivity contribution in [1.82, 2.24) is 25.1 Å². The van der Waals surface area contributed by atoms with E-state index in [4.69, 9.17) is 23.1 Å². The summed E-state index contributed by atoms with van der Waals surface area (Å²) in [4.78, 5) is 66.8. The Morgan fingerprint density at radius 2 is 1.73 bits per heavy atom. The van der Waals surface area contributed by atoms with Gasteiger partial charge in [0.1, 0.15) is 23.4 Å². The average Bonchev–Trinajstić information content (AvgIpc) is 3.31. The maximum atomic E-state index is 15.3. The molecule has 4 aliphatic heterocycles. The van der Waals surface area contributed by atoms with Crippen LogP contribution < -0.4 is 26.6 Å². The van der Waals surface area contributed by atoms with Gasteiger partial charge in [-0.05, 0) is 49.9 Å². The molecule has 4 aliphatic rings. The number of amides is 4. The van der Waals surface area contributed by atoms with Crippen LogP contribution in [0.1, 0.15) is 58.9 Å². The van der Waals surface area contributed by atoms with Crippen molar-refractivity contribution < 1.29 is 23.6 Å². The summed E-state index contributed by atoms with van der Waals surface area (Å²) in [6.07, 6.45) is 3.43. The zero-order valence-corrected chi connectivity index (χ0v) is 27.8. The van der Waals surface area contributed by atoms with Gasteiger partial charge in [-0.25, -0.2) is 14.4 Å². The number of hydrogen-bond donors (Lipinski definition) is 3. The fourth-order valence-electron chi connectivity index (χ4n) is 7.05. The van der Waals surface area contributed by atoms with E-state index < -0.39 is 35.5 Å². The van der Waals surface area contributed by atoms with Crippen molar-refractivity contribution in [2.45, 2.75) is 50.7 Å². The van der Waals surface area contributed by atoms with E-state index in [-0.39, 0.29) is 29.5 Å². The van der Waals surface area contributed by atoms with Gasteiger partial charge >= 0.3 is 0 Å². The molecule has 256 valence electrons. The number of benzene rings is 2. The van der Waals surface area contributed by atoms with Gasteiger partial charge in [0, 0.05) is 63.3 Å². The topological polar surface area (TPSA) is 171 Å². The largest absolute Gasteiger partial charge is 0.382 e. The Morgan fingerprint density at radius 1 is 1.00 bits per heavy atom. The first-order valence-electron chi connectivity index (χ1n) is 16.4. The molecule has 1 aromatic heterocycles. The number of anilines is 3. The first-order chi connectivity index (χ1) is 23.4. The minimum Gasteiger partial charge on any atom is -0.382 e. The first-order valence-corrected chi connectivity index (χ1v) is 16.7. The number of aromatic nitrogens is 2. The van der Waals surface area contributed by atoms with Crippen molar-refractivity contribution in [1.29, 1.82) is 0 Å². The highest BCUT2D eigenvalue weighted by atomic mass is 35.5. The number of piperazine rings is 1. The highest BCUT2D eigenvalue weighted by molar-refractivity contribution is 6.36. The molecule has 15 heteroatoms. The minimum absolute atomic E-state index is 0.00282. The molecule has 0 bridgehead atoms. The third-order valence-electron chi connectivity index (χ3n) is 9.92. The van der Waals surface area contributed by atoms with Crippen LogP contribution in [0.4, 0.5) is 21.7 Å². The Bertz CT molecular complexity index is 1870. The van der Waals surface area contributed by atoms with Crippen LogP contribution in [-0.4, -0.2) is 94.2 Å². The standard InChI is InChI=1S/C34H37ClFN9O4/c1-34(38)7-9-44(10-8-34)25-17-39-29(30(37)40-25)20-3-2-4-23(28(20)35)43-13-11-42(12-14-43)18-19-15-21-27(22(36)16-19)33(49)45(32(21)48)24-5-6-26(46)41-31(24)47/h2-4,15-17,24H,5-14,18,38H2,1H3,(H2,37,40)(H,41,46,47). The second kappa shape index (κ2) is 12.7. The number of nitrogens with zero attached hydrogens (tertiary/aromatic N) is 6. The first kappa shape index (κ1) is 32.9. The number of rotatable bonds is 6. The number of piperidine rings is 2. The fourth-order valence-corrected chi connectivity index (χ4v) is 7.38. The Morgan fingerprint density at radius 3 is 2.43 bits per heavy atom. The Labute approximate surface area is 287 Å². The summed E-state index contributed by atoms with van der Waals surface area (Å²) in [5, 5.41) is 2.67. The molecule has 2 aromatic carbocycles. The van der Waals surface area contributed by atoms with Crippen molar-refractivity contribution in [3.05, 3.63) is 64.1 Å². The number of nitrogens with one attached hydrogen (secondary N) is 1. The molecule has 3 saturated heterocycles. The molecule has 13 nitrogen and oxygen atoms in total. The molecule has 3 fully saturated rings. The normalized spacial score (nSPS) is 21.3. The summed E-state index contributed by atoms with van der Waals surface area (Å²) in [5.41, 5.74) is 14.7. The third kappa shape index (κ3) is 6.20. The van der Waals surface area contributed by atoms with Gasteiger partial charge in [0.2, 0.25) is 11.8 Å². The molecule has 49 heavy (non-hydrogen) atoms. The predicted octanol–water partition coefficient (Wildman–Crippen LogP) is 2.56. The summed E-state index contributed by atoms with van der Waals surface area (Å²) in [6, 6.07) is 7.37. The van der Waals surface area contributed by atoms with E-state index in [1.165, 1.54) is 12.1 Å². The summed E-state index contributed by atoms with van der Waals surface area (Å²) < 4.78 is 15.3. The summed E-state index contributed by atoms with van der Waals surface area (Å²) in [6.45, 7) is 6.50. The fraction of sp³-hybridized carbons (Fsp3) is 0.412. The number of carbonyl (C=O) groups is 4. The van der Waals surface area contributed by atoms with E-state index in [1.54, 1.807) is 6.20 Å². The number of fused-ring (bicyclic) bond motifs is 1. The van der Waals surface area contributed by atoms with E-state index >= 15 is 4.39 Å². The molecule has 0 saturated carbocycles. The highest BCUT2D eigenvalue weighted by Gasteiger charge is 2.46. The molecule has 5 heterocycles. The SMILES string of the molecule is CC1(N)CCN(c2cnc(-c3cccc(N4CCN(Cc5cc(F)c6c(c5)C(=O)N(C5CCC(=O)NC5=O)C6=O)CC4)c3Cl)c(N)n2)CC1. The summed E-state index contributed by atoms with van der Waals surface area (Å²) in [5.74, 6) is -2.61. The van der Waals surface area contributed by atoms with E-state index in [1.807, 2.05) is 18.2 Å². The highest BCUT2D eigenvalue weighted by Crippen LogP contribution is 2.38. The van der Waals surface area contributed by atoms with Crippen molar-refractivity contribution in [2.75, 3.05) is 54.8 Å². The van der Waals surface area contributed by atoms with Crippen LogP contribution >= 0.6 is 11.6 Å². The molecule has 0 aliphatic carbocycles. The maximum Gasteiger partial charge on any atom is 0.265 e. The number of hydrogen-bond acceptors (Lipinski definition) is 11. The second-order valence-corrected chi connectivity index (χ2v) is 13.8. The lowest BCUT2D eigenvalue weighted by molar-refractivity contribution is -0.136. The zero-order valence-electron chi connectivity index (χ0n) is 27.0. The van der Waals surface area contributed by atoms with Crippen LogP contribution in [0.3, 0.4) is 0 Å². The van der Waals surface area contributed by atoms with E-state index in [2.05, 4.69) is 36.9 Å². The van der Waals surface area contributed by atoms with Gasteiger partial charge in [-0.2, -0.15) is 0 Å². The van der Waals surface area contributed by atoms with Gasteiger partial charge in [-0.1, -0.05) is 23.7 Å². The van der Waals surface area contributed by atoms with Crippen LogP contribution in [-0.2, 0) is 16.1 Å². The lowest BCUT2D eigenvalue weighted by atomic mass is 9.91.